The highest BCUT2D eigenvalue weighted by molar-refractivity contribution is 7.11. The van der Waals surface area contributed by atoms with Gasteiger partial charge in [0.1, 0.15) is 10.8 Å². The summed E-state index contributed by atoms with van der Waals surface area (Å²) in [7, 11) is 0. The molecule has 2 N–H and O–H groups in total. The Morgan fingerprint density at radius 3 is 2.75 bits per heavy atom. The first-order chi connectivity index (χ1) is 9.69. The van der Waals surface area contributed by atoms with Gasteiger partial charge in [0.25, 0.3) is 0 Å². The molecule has 6 heteroatoms. The van der Waals surface area contributed by atoms with Crippen LogP contribution >= 0.6 is 22.9 Å². The molecule has 0 bridgehead atoms. The molecule has 0 atom stereocenters. The van der Waals surface area contributed by atoms with E-state index in [2.05, 4.69) is 26.6 Å². The summed E-state index contributed by atoms with van der Waals surface area (Å²) < 4.78 is 4.36. The fourth-order valence-corrected chi connectivity index (χ4v) is 4.25. The van der Waals surface area contributed by atoms with Crippen molar-refractivity contribution in [2.24, 2.45) is 5.92 Å². The third-order valence-electron chi connectivity index (χ3n) is 4.05. The van der Waals surface area contributed by atoms with Crippen molar-refractivity contribution in [1.29, 1.82) is 0 Å². The number of hydrogen-bond donors (Lipinski definition) is 1. The Labute approximate surface area is 127 Å². The summed E-state index contributed by atoms with van der Waals surface area (Å²) in [6.45, 7) is 6.53. The van der Waals surface area contributed by atoms with Gasteiger partial charge in [-0.2, -0.15) is 4.37 Å². The van der Waals surface area contributed by atoms with Crippen molar-refractivity contribution in [2.45, 2.75) is 33.1 Å². The van der Waals surface area contributed by atoms with Crippen LogP contribution in [0.5, 0.6) is 0 Å². The maximum Gasteiger partial charge on any atom is 0.148 e. The number of nitrogen functional groups attached to an aromatic ring is 1. The predicted octanol–water partition coefficient (Wildman–Crippen LogP) is 3.78. The summed E-state index contributed by atoms with van der Waals surface area (Å²) in [5.41, 5.74) is 8.09. The lowest BCUT2D eigenvalue weighted by Crippen LogP contribution is -2.33. The molecule has 108 valence electrons. The van der Waals surface area contributed by atoms with E-state index in [1.807, 2.05) is 6.92 Å². The van der Waals surface area contributed by atoms with Crippen molar-refractivity contribution in [3.05, 3.63) is 10.4 Å². The number of nitrogens with zero attached hydrogens (tertiary/aromatic N) is 3. The van der Waals surface area contributed by atoms with Crippen LogP contribution in [0, 0.1) is 12.8 Å². The van der Waals surface area contributed by atoms with Gasteiger partial charge in [-0.15, -0.1) is 11.3 Å². The highest BCUT2D eigenvalue weighted by Gasteiger charge is 2.24. The molecule has 0 saturated carbocycles. The van der Waals surface area contributed by atoms with Crippen LogP contribution in [0.1, 0.15) is 31.2 Å². The van der Waals surface area contributed by atoms with Gasteiger partial charge in [0, 0.05) is 18.5 Å². The average molecular weight is 308 g/mol. The van der Waals surface area contributed by atoms with Crippen LogP contribution in [0.15, 0.2) is 5.38 Å². The van der Waals surface area contributed by atoms with Crippen LogP contribution < -0.4 is 10.6 Å². The lowest BCUT2D eigenvalue weighted by molar-refractivity contribution is 0.396. The van der Waals surface area contributed by atoms with Crippen LogP contribution in [0.3, 0.4) is 0 Å². The molecule has 3 rings (SSSR count). The fraction of sp³-hybridized carbons (Fsp3) is 0.571. The zero-order valence-corrected chi connectivity index (χ0v) is 13.6. The van der Waals surface area contributed by atoms with Crippen LogP contribution in [0.2, 0.25) is 0 Å². The Morgan fingerprint density at radius 1 is 1.40 bits per heavy atom. The maximum atomic E-state index is 6.08. The van der Waals surface area contributed by atoms with Gasteiger partial charge in [-0.05, 0) is 37.2 Å². The molecule has 0 aliphatic carbocycles. The zero-order valence-electron chi connectivity index (χ0n) is 11.9. The number of rotatable bonds is 3. The minimum atomic E-state index is 0.618. The molecule has 2 aromatic rings. The monoisotopic (exact) mass is 308 g/mol. The van der Waals surface area contributed by atoms with E-state index in [0.717, 1.165) is 35.3 Å². The minimum Gasteiger partial charge on any atom is -0.382 e. The molecular weight excluding hydrogens is 288 g/mol. The van der Waals surface area contributed by atoms with E-state index in [1.54, 1.807) is 11.3 Å². The molecule has 1 aliphatic heterocycles. The Hall–Kier alpha value is -1.14. The Morgan fingerprint density at radius 2 is 2.15 bits per heavy atom. The second-order valence-corrected chi connectivity index (χ2v) is 7.15. The van der Waals surface area contributed by atoms with Crippen molar-refractivity contribution in [1.82, 2.24) is 9.36 Å². The van der Waals surface area contributed by atoms with E-state index in [4.69, 9.17) is 5.73 Å². The van der Waals surface area contributed by atoms with Crippen LogP contribution in [-0.4, -0.2) is 22.4 Å². The van der Waals surface area contributed by atoms with E-state index < -0.39 is 0 Å². The van der Waals surface area contributed by atoms with Gasteiger partial charge in [-0.25, -0.2) is 4.98 Å². The summed E-state index contributed by atoms with van der Waals surface area (Å²) in [5.74, 6) is 1.49. The Balaban J connectivity index is 1.88. The molecule has 0 aromatic carbocycles. The second kappa shape index (κ2) is 5.69. The summed E-state index contributed by atoms with van der Waals surface area (Å²) in [6, 6.07) is 0. The lowest BCUT2D eigenvalue weighted by Gasteiger charge is -2.32. The molecule has 0 spiro atoms. The van der Waals surface area contributed by atoms with Crippen molar-refractivity contribution < 1.29 is 0 Å². The number of aromatic nitrogens is 2. The summed E-state index contributed by atoms with van der Waals surface area (Å²) in [6.07, 6.45) is 3.82. The molecular formula is C14H20N4S2. The number of aryl methyl sites for hydroxylation is 1. The van der Waals surface area contributed by atoms with Gasteiger partial charge >= 0.3 is 0 Å². The Bertz CT molecular complexity index is 582. The molecule has 3 heterocycles. The average Bonchev–Trinajstić information content (AvgIpc) is 3.05. The van der Waals surface area contributed by atoms with Gasteiger partial charge in [0.05, 0.1) is 16.3 Å². The van der Waals surface area contributed by atoms with Crippen molar-refractivity contribution in [3.8, 4) is 11.3 Å². The summed E-state index contributed by atoms with van der Waals surface area (Å²) >= 11 is 3.17. The first-order valence-corrected chi connectivity index (χ1v) is 8.77. The molecule has 0 radical (unpaired) electrons. The number of hydrogen-bond acceptors (Lipinski definition) is 6. The third kappa shape index (κ3) is 2.54. The van der Waals surface area contributed by atoms with E-state index in [1.165, 1.54) is 35.8 Å². The fourth-order valence-electron chi connectivity index (χ4n) is 2.77. The maximum absolute atomic E-state index is 6.08. The first-order valence-electron chi connectivity index (χ1n) is 7.11. The summed E-state index contributed by atoms with van der Waals surface area (Å²) in [5, 5.41) is 4.35. The van der Waals surface area contributed by atoms with Crippen LogP contribution in [-0.2, 0) is 0 Å². The zero-order chi connectivity index (χ0) is 14.1. The van der Waals surface area contributed by atoms with Gasteiger partial charge in [0.2, 0.25) is 0 Å². The molecule has 1 saturated heterocycles. The molecule has 2 aromatic heterocycles. The SMILES string of the molecule is CCC1CCN(c2snc(N)c2-c2csc(C)n2)CC1. The Kier molecular flexibility index (Phi) is 3.94. The van der Waals surface area contributed by atoms with Crippen molar-refractivity contribution >= 4 is 33.7 Å². The van der Waals surface area contributed by atoms with E-state index >= 15 is 0 Å². The highest BCUT2D eigenvalue weighted by atomic mass is 32.1. The van der Waals surface area contributed by atoms with Crippen molar-refractivity contribution in [2.75, 3.05) is 23.7 Å². The number of anilines is 2. The molecule has 1 aliphatic rings. The largest absolute Gasteiger partial charge is 0.382 e. The molecule has 0 amide bonds. The van der Waals surface area contributed by atoms with E-state index in [9.17, 15) is 0 Å². The molecule has 1 fully saturated rings. The normalized spacial score (nSPS) is 16.8. The first kappa shape index (κ1) is 13.8. The molecule has 4 nitrogen and oxygen atoms in total. The smallest absolute Gasteiger partial charge is 0.148 e. The molecule has 20 heavy (non-hydrogen) atoms. The lowest BCUT2D eigenvalue weighted by atomic mass is 9.94. The van der Waals surface area contributed by atoms with Gasteiger partial charge < -0.3 is 10.6 Å². The van der Waals surface area contributed by atoms with Gasteiger partial charge in [-0.1, -0.05) is 13.3 Å². The topological polar surface area (TPSA) is 55.0 Å². The van der Waals surface area contributed by atoms with E-state index in [0.29, 0.717) is 5.82 Å². The number of nitrogens with two attached hydrogens (primary N) is 1. The summed E-state index contributed by atoms with van der Waals surface area (Å²) in [4.78, 5) is 7.01. The number of thiazole rings is 1. The van der Waals surface area contributed by atoms with Crippen LogP contribution in [0.4, 0.5) is 10.8 Å². The van der Waals surface area contributed by atoms with Gasteiger partial charge in [0.15, 0.2) is 0 Å². The standard InChI is InChI=1S/C14H20N4S2/c1-3-10-4-6-18(7-5-10)14-12(13(15)17-20-14)11-8-19-9(2)16-11/h8,10H,3-7H2,1-2H3,(H2,15,17). The number of piperidine rings is 1. The third-order valence-corrected chi connectivity index (χ3v) is 5.75. The van der Waals surface area contributed by atoms with E-state index in [-0.39, 0.29) is 0 Å². The van der Waals surface area contributed by atoms with Gasteiger partial charge in [-0.3, -0.25) is 0 Å². The second-order valence-electron chi connectivity index (χ2n) is 5.34. The quantitative estimate of drug-likeness (QED) is 0.937. The molecule has 0 unspecified atom stereocenters. The minimum absolute atomic E-state index is 0.618. The predicted molar refractivity (Wildman–Crippen MR) is 87.6 cm³/mol. The van der Waals surface area contributed by atoms with Crippen molar-refractivity contribution in [3.63, 3.8) is 0 Å². The highest BCUT2D eigenvalue weighted by Crippen LogP contribution is 2.41. The van der Waals surface area contributed by atoms with Crippen LogP contribution in [0.25, 0.3) is 11.3 Å².